The van der Waals surface area contributed by atoms with Crippen molar-refractivity contribution in [1.82, 2.24) is 10.6 Å². The maximum atomic E-state index is 11.8. The fourth-order valence-electron chi connectivity index (χ4n) is 2.31. The summed E-state index contributed by atoms with van der Waals surface area (Å²) in [4.78, 5) is 46.3. The minimum absolute atomic E-state index is 0.126. The van der Waals surface area contributed by atoms with E-state index in [1.165, 1.54) is 0 Å². The summed E-state index contributed by atoms with van der Waals surface area (Å²) in [5, 5.41) is 14.3. The van der Waals surface area contributed by atoms with Gasteiger partial charge >= 0.3 is 18.0 Å². The van der Waals surface area contributed by atoms with Crippen molar-refractivity contribution in [2.24, 2.45) is 0 Å². The van der Waals surface area contributed by atoms with Gasteiger partial charge in [0.2, 0.25) is 5.91 Å². The van der Waals surface area contributed by atoms with Gasteiger partial charge in [0.25, 0.3) is 0 Å². The highest BCUT2D eigenvalue weighted by molar-refractivity contribution is 5.80. The van der Waals surface area contributed by atoms with E-state index in [0.29, 0.717) is 19.4 Å². The van der Waals surface area contributed by atoms with Crippen molar-refractivity contribution in [2.45, 2.75) is 90.9 Å². The second kappa shape index (κ2) is 13.8. The minimum Gasteiger partial charge on any atom is -0.480 e. The van der Waals surface area contributed by atoms with Crippen molar-refractivity contribution < 1.29 is 38.5 Å². The van der Waals surface area contributed by atoms with E-state index in [4.69, 9.17) is 14.2 Å². The largest absolute Gasteiger partial charge is 0.480 e. The van der Waals surface area contributed by atoms with Crippen LogP contribution in [0.5, 0.6) is 0 Å². The normalized spacial score (nSPS) is 12.6. The van der Waals surface area contributed by atoms with E-state index in [0.717, 1.165) is 0 Å². The highest BCUT2D eigenvalue weighted by atomic mass is 16.6. The van der Waals surface area contributed by atoms with Crippen LogP contribution in [0.15, 0.2) is 0 Å². The predicted molar refractivity (Wildman–Crippen MR) is 114 cm³/mol. The zero-order chi connectivity index (χ0) is 24.1. The van der Waals surface area contributed by atoms with Crippen molar-refractivity contribution in [3.8, 4) is 0 Å². The van der Waals surface area contributed by atoms with Gasteiger partial charge in [-0.1, -0.05) is 0 Å². The van der Waals surface area contributed by atoms with Gasteiger partial charge < -0.3 is 30.0 Å². The molecule has 2 amide bonds. The van der Waals surface area contributed by atoms with E-state index in [1.54, 1.807) is 41.5 Å². The van der Waals surface area contributed by atoms with Gasteiger partial charge in [-0.05, 0) is 60.8 Å². The zero-order valence-corrected chi connectivity index (χ0v) is 19.5. The number of hydrogen-bond donors (Lipinski definition) is 3. The second-order valence-corrected chi connectivity index (χ2v) is 9.08. The van der Waals surface area contributed by atoms with Gasteiger partial charge in [-0.3, -0.25) is 9.59 Å². The summed E-state index contributed by atoms with van der Waals surface area (Å²) in [6, 6.07) is -1.05. The molecule has 3 N–H and O–H groups in total. The standard InChI is InChI=1S/C21H38N2O8/c1-20(2,3)30-17(25)11-14-29-13-10-16(24)22-12-8-7-9-15(18(26)27)23-19(28)31-21(4,5)6/h15H,7-14H2,1-6H3,(H,22,24)(H,23,28)(H,26,27). The van der Waals surface area contributed by atoms with Crippen molar-refractivity contribution in [3.05, 3.63) is 0 Å². The number of unbranched alkanes of at least 4 members (excludes halogenated alkanes) is 1. The molecule has 0 spiro atoms. The number of carbonyl (C=O) groups excluding carboxylic acids is 3. The van der Waals surface area contributed by atoms with Gasteiger partial charge in [-0.25, -0.2) is 9.59 Å². The Morgan fingerprint density at radius 1 is 0.871 bits per heavy atom. The smallest absolute Gasteiger partial charge is 0.408 e. The molecule has 0 saturated heterocycles. The lowest BCUT2D eigenvalue weighted by Crippen LogP contribution is -2.43. The van der Waals surface area contributed by atoms with Crippen LogP contribution in [0.25, 0.3) is 0 Å². The number of esters is 1. The van der Waals surface area contributed by atoms with Crippen molar-refractivity contribution in [2.75, 3.05) is 19.8 Å². The lowest BCUT2D eigenvalue weighted by molar-refractivity contribution is -0.156. The monoisotopic (exact) mass is 446 g/mol. The fourth-order valence-corrected chi connectivity index (χ4v) is 2.31. The Morgan fingerprint density at radius 2 is 1.45 bits per heavy atom. The first-order valence-electron chi connectivity index (χ1n) is 10.5. The molecule has 0 aliphatic rings. The number of carbonyl (C=O) groups is 4. The number of ether oxygens (including phenoxy) is 3. The SMILES string of the molecule is CC(C)(C)OC(=O)CCOCCC(=O)NCCCCC(NC(=O)OC(C)(C)C)C(=O)O. The third kappa shape index (κ3) is 18.2. The van der Waals surface area contributed by atoms with Gasteiger partial charge in [0.05, 0.1) is 19.6 Å². The molecular formula is C21H38N2O8. The average molecular weight is 447 g/mol. The number of carboxylic acids is 1. The molecule has 0 aliphatic heterocycles. The third-order valence-corrected chi connectivity index (χ3v) is 3.57. The average Bonchev–Trinajstić information content (AvgIpc) is 2.56. The quantitative estimate of drug-likeness (QED) is 0.289. The molecule has 180 valence electrons. The Labute approximate surface area is 184 Å². The van der Waals surface area contributed by atoms with Crippen LogP contribution >= 0.6 is 0 Å². The summed E-state index contributed by atoms with van der Waals surface area (Å²) in [6.07, 6.45) is 0.787. The number of nitrogens with one attached hydrogen (secondary N) is 2. The first-order chi connectivity index (χ1) is 14.2. The molecule has 1 atom stereocenters. The van der Waals surface area contributed by atoms with Gasteiger partial charge in [0, 0.05) is 13.0 Å². The van der Waals surface area contributed by atoms with Crippen molar-refractivity contribution in [1.29, 1.82) is 0 Å². The van der Waals surface area contributed by atoms with Crippen LogP contribution in [0.2, 0.25) is 0 Å². The lowest BCUT2D eigenvalue weighted by Gasteiger charge is -2.22. The van der Waals surface area contributed by atoms with Gasteiger partial charge in [0.15, 0.2) is 0 Å². The number of rotatable bonds is 13. The first-order valence-corrected chi connectivity index (χ1v) is 10.5. The Balaban J connectivity index is 3.88. The predicted octanol–water partition coefficient (Wildman–Crippen LogP) is 2.39. The van der Waals surface area contributed by atoms with Crippen LogP contribution in [0.1, 0.15) is 73.6 Å². The second-order valence-electron chi connectivity index (χ2n) is 9.08. The molecule has 0 saturated carbocycles. The van der Waals surface area contributed by atoms with Crippen LogP contribution in [-0.2, 0) is 28.6 Å². The molecule has 0 fully saturated rings. The maximum Gasteiger partial charge on any atom is 0.408 e. The molecule has 0 bridgehead atoms. The lowest BCUT2D eigenvalue weighted by atomic mass is 10.1. The summed E-state index contributed by atoms with van der Waals surface area (Å²) in [6.45, 7) is 11.2. The Kier molecular flexibility index (Phi) is 12.8. The molecule has 10 heteroatoms. The molecule has 1 unspecified atom stereocenters. The van der Waals surface area contributed by atoms with Gasteiger partial charge in [-0.2, -0.15) is 0 Å². The van der Waals surface area contributed by atoms with E-state index in [9.17, 15) is 24.3 Å². The Hall–Kier alpha value is -2.36. The number of alkyl carbamates (subject to hydrolysis) is 1. The van der Waals surface area contributed by atoms with Crippen molar-refractivity contribution in [3.63, 3.8) is 0 Å². The summed E-state index contributed by atoms with van der Waals surface area (Å²) < 4.78 is 15.5. The number of amides is 2. The zero-order valence-electron chi connectivity index (χ0n) is 19.5. The molecule has 10 nitrogen and oxygen atoms in total. The minimum atomic E-state index is -1.14. The molecule has 0 rings (SSSR count). The first kappa shape index (κ1) is 28.6. The Morgan fingerprint density at radius 3 is 2.00 bits per heavy atom. The maximum absolute atomic E-state index is 11.8. The van der Waals surface area contributed by atoms with Crippen LogP contribution in [0, 0.1) is 0 Å². The van der Waals surface area contributed by atoms with Gasteiger partial charge in [0.1, 0.15) is 17.2 Å². The van der Waals surface area contributed by atoms with E-state index in [2.05, 4.69) is 10.6 Å². The molecular weight excluding hydrogens is 408 g/mol. The molecule has 0 aromatic rings. The molecule has 0 aromatic heterocycles. The molecule has 0 aromatic carbocycles. The van der Waals surface area contributed by atoms with Gasteiger partial charge in [-0.15, -0.1) is 0 Å². The van der Waals surface area contributed by atoms with Crippen LogP contribution < -0.4 is 10.6 Å². The Bertz CT molecular complexity index is 593. The third-order valence-electron chi connectivity index (χ3n) is 3.57. The molecule has 0 radical (unpaired) electrons. The summed E-state index contributed by atoms with van der Waals surface area (Å²) >= 11 is 0. The summed E-state index contributed by atoms with van der Waals surface area (Å²) in [7, 11) is 0. The summed E-state index contributed by atoms with van der Waals surface area (Å²) in [5.74, 6) is -1.69. The molecule has 0 aliphatic carbocycles. The number of carboxylic acid groups (broad SMARTS) is 1. The highest BCUT2D eigenvalue weighted by Gasteiger charge is 2.23. The van der Waals surface area contributed by atoms with E-state index >= 15 is 0 Å². The molecule has 31 heavy (non-hydrogen) atoms. The van der Waals surface area contributed by atoms with Crippen LogP contribution in [0.3, 0.4) is 0 Å². The molecule has 0 heterocycles. The van der Waals surface area contributed by atoms with E-state index in [-0.39, 0.29) is 44.4 Å². The van der Waals surface area contributed by atoms with Crippen molar-refractivity contribution >= 4 is 23.9 Å². The van der Waals surface area contributed by atoms with E-state index < -0.39 is 29.3 Å². The van der Waals surface area contributed by atoms with Crippen LogP contribution in [-0.4, -0.2) is 66.0 Å². The van der Waals surface area contributed by atoms with E-state index in [1.807, 2.05) is 0 Å². The fraction of sp³-hybridized carbons (Fsp3) is 0.810. The number of hydrogen-bond acceptors (Lipinski definition) is 7. The summed E-state index contributed by atoms with van der Waals surface area (Å²) in [5.41, 5.74) is -1.25. The topological polar surface area (TPSA) is 140 Å². The highest BCUT2D eigenvalue weighted by Crippen LogP contribution is 2.09. The number of aliphatic carboxylic acids is 1. The van der Waals surface area contributed by atoms with Crippen LogP contribution in [0.4, 0.5) is 4.79 Å².